The average Bonchev–Trinajstić information content (AvgIpc) is 2.47. The van der Waals surface area contributed by atoms with E-state index in [1.807, 2.05) is 0 Å². The molecule has 0 aliphatic rings. The summed E-state index contributed by atoms with van der Waals surface area (Å²) in [6.07, 6.45) is 0. The van der Waals surface area contributed by atoms with Crippen LogP contribution in [0.2, 0.25) is 0 Å². The molecule has 1 N–H and O–H groups in total. The van der Waals surface area contributed by atoms with Gasteiger partial charge >= 0.3 is 5.97 Å². The van der Waals surface area contributed by atoms with E-state index >= 15 is 0 Å². The third-order valence-corrected chi connectivity index (χ3v) is 3.30. The zero-order valence-corrected chi connectivity index (χ0v) is 11.6. The summed E-state index contributed by atoms with van der Waals surface area (Å²) in [4.78, 5) is 11.0. The summed E-state index contributed by atoms with van der Waals surface area (Å²) >= 11 is 0. The molecule has 0 aliphatic carbocycles. The molecule has 0 saturated carbocycles. The average molecular weight is 292 g/mol. The lowest BCUT2D eigenvalue weighted by Gasteiger charge is -2.16. The highest BCUT2D eigenvalue weighted by molar-refractivity contribution is 5.78. The van der Waals surface area contributed by atoms with Gasteiger partial charge in [0.1, 0.15) is 5.82 Å². The molecule has 110 valence electrons. The van der Waals surface area contributed by atoms with Crippen LogP contribution >= 0.6 is 0 Å². The quantitative estimate of drug-likeness (QED) is 0.931. The lowest BCUT2D eigenvalue weighted by molar-refractivity contribution is -0.138. The van der Waals surface area contributed by atoms with Gasteiger partial charge < -0.3 is 9.84 Å². The number of aliphatic carboxylic acids is 1. The van der Waals surface area contributed by atoms with Gasteiger partial charge in [-0.3, -0.25) is 4.79 Å². The van der Waals surface area contributed by atoms with Crippen LogP contribution in [0.25, 0.3) is 11.1 Å². The van der Waals surface area contributed by atoms with Crippen LogP contribution in [-0.2, 0) is 4.79 Å². The van der Waals surface area contributed by atoms with Crippen LogP contribution in [0.15, 0.2) is 36.4 Å². The summed E-state index contributed by atoms with van der Waals surface area (Å²) < 4.78 is 33.6. The lowest BCUT2D eigenvalue weighted by atomic mass is 9.95. The predicted octanol–water partition coefficient (Wildman–Crippen LogP) is 3.83. The molecule has 0 heterocycles. The third kappa shape index (κ3) is 2.72. The Labute approximate surface area is 120 Å². The second-order valence-corrected chi connectivity index (χ2v) is 4.59. The number of methoxy groups -OCH3 is 1. The van der Waals surface area contributed by atoms with E-state index in [2.05, 4.69) is 0 Å². The number of hydrogen-bond donors (Lipinski definition) is 1. The Kier molecular flexibility index (Phi) is 4.21. The standard InChI is InChI=1S/C16H14F2O3/c1-9(16(19)20)13-12(17)8-11(15(21-2)14(13)18)10-6-4-3-5-7-10/h3-9H,1-2H3,(H,19,20). The first-order valence-corrected chi connectivity index (χ1v) is 6.31. The van der Waals surface area contributed by atoms with Crippen molar-refractivity contribution in [3.8, 4) is 16.9 Å². The minimum atomic E-state index is -1.30. The van der Waals surface area contributed by atoms with E-state index in [4.69, 9.17) is 9.84 Å². The zero-order valence-electron chi connectivity index (χ0n) is 11.6. The normalized spacial score (nSPS) is 12.0. The number of carboxylic acid groups (broad SMARTS) is 1. The lowest BCUT2D eigenvalue weighted by Crippen LogP contribution is -2.13. The molecule has 0 aliphatic heterocycles. The topological polar surface area (TPSA) is 46.5 Å². The van der Waals surface area contributed by atoms with E-state index in [9.17, 15) is 13.6 Å². The van der Waals surface area contributed by atoms with E-state index in [1.165, 1.54) is 14.0 Å². The first-order chi connectivity index (χ1) is 9.97. The van der Waals surface area contributed by atoms with Crippen molar-refractivity contribution in [1.82, 2.24) is 0 Å². The molecule has 2 rings (SSSR count). The Hall–Kier alpha value is -2.43. The van der Waals surface area contributed by atoms with Gasteiger partial charge in [0, 0.05) is 11.1 Å². The van der Waals surface area contributed by atoms with E-state index in [0.717, 1.165) is 6.07 Å². The third-order valence-electron chi connectivity index (χ3n) is 3.30. The highest BCUT2D eigenvalue weighted by atomic mass is 19.1. The van der Waals surface area contributed by atoms with Gasteiger partial charge in [0.25, 0.3) is 0 Å². The minimum Gasteiger partial charge on any atom is -0.493 e. The van der Waals surface area contributed by atoms with Gasteiger partial charge in [-0.1, -0.05) is 30.3 Å². The van der Waals surface area contributed by atoms with E-state index in [-0.39, 0.29) is 11.3 Å². The Morgan fingerprint density at radius 2 is 1.86 bits per heavy atom. The minimum absolute atomic E-state index is 0.161. The number of carboxylic acids is 1. The molecule has 0 bridgehead atoms. The van der Waals surface area contributed by atoms with Crippen molar-refractivity contribution < 1.29 is 23.4 Å². The Morgan fingerprint density at radius 3 is 2.38 bits per heavy atom. The Morgan fingerprint density at radius 1 is 1.24 bits per heavy atom. The largest absolute Gasteiger partial charge is 0.493 e. The number of carbonyl (C=O) groups is 1. The van der Waals surface area contributed by atoms with Gasteiger partial charge in [-0.15, -0.1) is 0 Å². The molecule has 0 spiro atoms. The first kappa shape index (κ1) is 15.0. The summed E-state index contributed by atoms with van der Waals surface area (Å²) in [6, 6.07) is 9.74. The zero-order chi connectivity index (χ0) is 15.6. The molecular formula is C16H14F2O3. The molecule has 0 aromatic heterocycles. The van der Waals surface area contributed by atoms with Gasteiger partial charge in [0.15, 0.2) is 11.6 Å². The number of hydrogen-bond acceptors (Lipinski definition) is 2. The number of benzene rings is 2. The van der Waals surface area contributed by atoms with Crippen LogP contribution in [0, 0.1) is 11.6 Å². The molecule has 2 aromatic rings. The van der Waals surface area contributed by atoms with Crippen LogP contribution < -0.4 is 4.74 Å². The van der Waals surface area contributed by atoms with Crippen LogP contribution in [0.3, 0.4) is 0 Å². The Bertz CT molecular complexity index is 669. The molecule has 0 radical (unpaired) electrons. The van der Waals surface area contributed by atoms with Gasteiger partial charge in [-0.05, 0) is 18.6 Å². The summed E-state index contributed by atoms with van der Waals surface area (Å²) in [5.74, 6) is -4.65. The maximum absolute atomic E-state index is 14.5. The van der Waals surface area contributed by atoms with Gasteiger partial charge in [0.2, 0.25) is 0 Å². The number of ether oxygens (including phenoxy) is 1. The molecular weight excluding hydrogens is 278 g/mol. The van der Waals surface area contributed by atoms with Crippen molar-refractivity contribution in [1.29, 1.82) is 0 Å². The number of halogens is 2. The maximum Gasteiger partial charge on any atom is 0.310 e. The second-order valence-electron chi connectivity index (χ2n) is 4.59. The maximum atomic E-state index is 14.5. The molecule has 2 aromatic carbocycles. The molecule has 5 heteroatoms. The monoisotopic (exact) mass is 292 g/mol. The van der Waals surface area contributed by atoms with Crippen molar-refractivity contribution in [2.24, 2.45) is 0 Å². The summed E-state index contributed by atoms with van der Waals surface area (Å²) in [7, 11) is 1.26. The van der Waals surface area contributed by atoms with E-state index < -0.39 is 29.1 Å². The second kappa shape index (κ2) is 5.91. The molecule has 0 amide bonds. The molecule has 3 nitrogen and oxygen atoms in total. The van der Waals surface area contributed by atoms with Crippen molar-refractivity contribution >= 4 is 5.97 Å². The SMILES string of the molecule is COc1c(-c2ccccc2)cc(F)c(C(C)C(=O)O)c1F. The van der Waals surface area contributed by atoms with Gasteiger partial charge in [-0.25, -0.2) is 8.78 Å². The first-order valence-electron chi connectivity index (χ1n) is 6.31. The fraction of sp³-hybridized carbons (Fsp3) is 0.188. The molecule has 21 heavy (non-hydrogen) atoms. The van der Waals surface area contributed by atoms with Crippen LogP contribution in [-0.4, -0.2) is 18.2 Å². The van der Waals surface area contributed by atoms with E-state index in [0.29, 0.717) is 5.56 Å². The highest BCUT2D eigenvalue weighted by Gasteiger charge is 2.27. The number of rotatable bonds is 4. The fourth-order valence-corrected chi connectivity index (χ4v) is 2.17. The smallest absolute Gasteiger partial charge is 0.310 e. The van der Waals surface area contributed by atoms with Crippen molar-refractivity contribution in [2.75, 3.05) is 7.11 Å². The summed E-state index contributed by atoms with van der Waals surface area (Å²) in [5.41, 5.74) is 0.329. The highest BCUT2D eigenvalue weighted by Crippen LogP contribution is 2.38. The fourth-order valence-electron chi connectivity index (χ4n) is 2.17. The van der Waals surface area contributed by atoms with Crippen LogP contribution in [0.4, 0.5) is 8.78 Å². The van der Waals surface area contributed by atoms with Gasteiger partial charge in [0.05, 0.1) is 13.0 Å². The van der Waals surface area contributed by atoms with E-state index in [1.54, 1.807) is 30.3 Å². The summed E-state index contributed by atoms with van der Waals surface area (Å²) in [5, 5.41) is 8.96. The van der Waals surface area contributed by atoms with Crippen molar-refractivity contribution in [3.63, 3.8) is 0 Å². The van der Waals surface area contributed by atoms with Gasteiger partial charge in [-0.2, -0.15) is 0 Å². The van der Waals surface area contributed by atoms with Crippen molar-refractivity contribution in [3.05, 3.63) is 53.6 Å². The molecule has 1 atom stereocenters. The molecule has 1 unspecified atom stereocenters. The van der Waals surface area contributed by atoms with Crippen LogP contribution in [0.1, 0.15) is 18.4 Å². The Balaban J connectivity index is 2.69. The summed E-state index contributed by atoms with van der Waals surface area (Å²) in [6.45, 7) is 1.23. The predicted molar refractivity (Wildman–Crippen MR) is 74.4 cm³/mol. The molecule has 0 saturated heterocycles. The van der Waals surface area contributed by atoms with Crippen molar-refractivity contribution in [2.45, 2.75) is 12.8 Å². The van der Waals surface area contributed by atoms with Crippen LogP contribution in [0.5, 0.6) is 5.75 Å². The molecule has 0 fully saturated rings.